The summed E-state index contributed by atoms with van der Waals surface area (Å²) in [7, 11) is 0. The van der Waals surface area contributed by atoms with E-state index in [-0.39, 0.29) is 12.1 Å². The van der Waals surface area contributed by atoms with Gasteiger partial charge in [0.2, 0.25) is 0 Å². The number of hydrogen-bond acceptors (Lipinski definition) is 4. The highest BCUT2D eigenvalue weighted by Gasteiger charge is 2.28. The smallest absolute Gasteiger partial charge is 0.416 e. The fourth-order valence-electron chi connectivity index (χ4n) is 3.67. The van der Waals surface area contributed by atoms with Gasteiger partial charge in [0.25, 0.3) is 0 Å². The standard InChI is InChI=1S/C22H37N3O2/c1-16(2)15-24-13-9-8-10-19(24)18-11-12-20(23-14-18)25(17(3)4)21(26)27-22(5,6)7/h11-12,14,16-17,19H,8-10,13,15H2,1-7H3/t19-/m0/s1. The zero-order chi connectivity index (χ0) is 20.2. The topological polar surface area (TPSA) is 45.7 Å². The summed E-state index contributed by atoms with van der Waals surface area (Å²) >= 11 is 0. The van der Waals surface area contributed by atoms with Gasteiger partial charge in [-0.15, -0.1) is 0 Å². The lowest BCUT2D eigenvalue weighted by molar-refractivity contribution is 0.0569. The number of nitrogens with zero attached hydrogens (tertiary/aromatic N) is 3. The SMILES string of the molecule is CC(C)CN1CCCC[C@H]1c1ccc(N(C(=O)OC(C)(C)C)C(C)C)nc1. The Morgan fingerprint density at radius 1 is 1.26 bits per heavy atom. The van der Waals surface area contributed by atoms with Crippen molar-refractivity contribution in [2.45, 2.75) is 85.4 Å². The average Bonchev–Trinajstić information content (AvgIpc) is 2.53. The van der Waals surface area contributed by atoms with Gasteiger partial charge in [-0.3, -0.25) is 9.80 Å². The van der Waals surface area contributed by atoms with Crippen molar-refractivity contribution in [3.05, 3.63) is 23.9 Å². The number of rotatable bonds is 5. The Labute approximate surface area is 165 Å². The molecule has 1 aromatic rings. The highest BCUT2D eigenvalue weighted by molar-refractivity contribution is 5.87. The Bertz CT molecular complexity index is 605. The molecule has 27 heavy (non-hydrogen) atoms. The van der Waals surface area contributed by atoms with E-state index in [0.717, 1.165) is 13.1 Å². The van der Waals surface area contributed by atoms with Gasteiger partial charge in [0.15, 0.2) is 0 Å². The first-order valence-corrected chi connectivity index (χ1v) is 10.3. The fraction of sp³-hybridized carbons (Fsp3) is 0.727. The number of hydrogen-bond donors (Lipinski definition) is 0. The zero-order valence-corrected chi connectivity index (χ0v) is 18.2. The summed E-state index contributed by atoms with van der Waals surface area (Å²) in [5.74, 6) is 1.30. The normalized spacial score (nSPS) is 18.8. The van der Waals surface area contributed by atoms with Crippen LogP contribution in [0.25, 0.3) is 0 Å². The van der Waals surface area contributed by atoms with Crippen LogP contribution in [0.4, 0.5) is 10.6 Å². The van der Waals surface area contributed by atoms with Crippen LogP contribution in [0.3, 0.4) is 0 Å². The van der Waals surface area contributed by atoms with Crippen LogP contribution in [0.15, 0.2) is 18.3 Å². The van der Waals surface area contributed by atoms with Crippen molar-refractivity contribution in [2.24, 2.45) is 5.92 Å². The highest BCUT2D eigenvalue weighted by Crippen LogP contribution is 2.32. The molecular formula is C22H37N3O2. The number of amides is 1. The maximum absolute atomic E-state index is 12.6. The summed E-state index contributed by atoms with van der Waals surface area (Å²) in [5, 5.41) is 0. The van der Waals surface area contributed by atoms with Crippen LogP contribution >= 0.6 is 0 Å². The molecule has 1 aliphatic heterocycles. The maximum atomic E-state index is 12.6. The molecule has 2 rings (SSSR count). The Kier molecular flexibility index (Phi) is 7.26. The fourth-order valence-corrected chi connectivity index (χ4v) is 3.67. The second-order valence-electron chi connectivity index (χ2n) is 9.29. The molecule has 0 bridgehead atoms. The number of carbonyl (C=O) groups excluding carboxylic acids is 1. The molecule has 1 aliphatic rings. The summed E-state index contributed by atoms with van der Waals surface area (Å²) in [6.07, 6.45) is 5.30. The summed E-state index contributed by atoms with van der Waals surface area (Å²) in [4.78, 5) is 21.5. The van der Waals surface area contributed by atoms with Crippen LogP contribution < -0.4 is 4.90 Å². The average molecular weight is 376 g/mol. The van der Waals surface area contributed by atoms with Crippen molar-refractivity contribution >= 4 is 11.9 Å². The summed E-state index contributed by atoms with van der Waals surface area (Å²) in [6, 6.07) is 4.49. The van der Waals surface area contributed by atoms with Gasteiger partial charge in [-0.25, -0.2) is 9.78 Å². The number of carbonyl (C=O) groups is 1. The molecule has 1 fully saturated rings. The minimum Gasteiger partial charge on any atom is -0.443 e. The lowest BCUT2D eigenvalue weighted by Crippen LogP contribution is -2.41. The Hall–Kier alpha value is -1.62. The zero-order valence-electron chi connectivity index (χ0n) is 18.2. The van der Waals surface area contributed by atoms with Gasteiger partial charge in [-0.1, -0.05) is 26.3 Å². The molecule has 0 spiro atoms. The van der Waals surface area contributed by atoms with E-state index in [0.29, 0.717) is 17.8 Å². The van der Waals surface area contributed by atoms with Crippen LogP contribution in [0.1, 0.15) is 79.3 Å². The lowest BCUT2D eigenvalue weighted by atomic mass is 9.95. The second kappa shape index (κ2) is 9.05. The van der Waals surface area contributed by atoms with E-state index in [4.69, 9.17) is 4.74 Å². The lowest BCUT2D eigenvalue weighted by Gasteiger charge is -2.37. The van der Waals surface area contributed by atoms with Crippen molar-refractivity contribution < 1.29 is 9.53 Å². The second-order valence-corrected chi connectivity index (χ2v) is 9.29. The molecule has 1 saturated heterocycles. The van der Waals surface area contributed by atoms with Gasteiger partial charge in [0, 0.05) is 24.8 Å². The van der Waals surface area contributed by atoms with Crippen LogP contribution in [-0.2, 0) is 4.74 Å². The van der Waals surface area contributed by atoms with Crippen molar-refractivity contribution in [3.63, 3.8) is 0 Å². The van der Waals surface area contributed by atoms with E-state index in [1.54, 1.807) is 4.90 Å². The van der Waals surface area contributed by atoms with Crippen molar-refractivity contribution in [1.82, 2.24) is 9.88 Å². The number of likely N-dealkylation sites (tertiary alicyclic amines) is 1. The number of piperidine rings is 1. The number of anilines is 1. The molecule has 0 N–H and O–H groups in total. The minimum absolute atomic E-state index is 0.0229. The molecule has 0 radical (unpaired) electrons. The number of ether oxygens (including phenoxy) is 1. The largest absolute Gasteiger partial charge is 0.443 e. The Morgan fingerprint density at radius 2 is 1.96 bits per heavy atom. The third-order valence-electron chi connectivity index (χ3n) is 4.72. The number of pyridine rings is 1. The van der Waals surface area contributed by atoms with E-state index in [1.165, 1.54) is 24.8 Å². The van der Waals surface area contributed by atoms with Gasteiger partial charge < -0.3 is 4.74 Å². The summed E-state index contributed by atoms with van der Waals surface area (Å²) < 4.78 is 5.56. The molecular weight excluding hydrogens is 338 g/mol. The molecule has 1 aromatic heterocycles. The van der Waals surface area contributed by atoms with E-state index in [2.05, 4.69) is 29.8 Å². The van der Waals surface area contributed by atoms with Crippen LogP contribution in [0.5, 0.6) is 0 Å². The summed E-state index contributed by atoms with van der Waals surface area (Å²) in [5.41, 5.74) is 0.718. The monoisotopic (exact) mass is 375 g/mol. The molecule has 0 saturated carbocycles. The Morgan fingerprint density at radius 3 is 2.48 bits per heavy atom. The van der Waals surface area contributed by atoms with Gasteiger partial charge in [-0.05, 0) is 71.6 Å². The van der Waals surface area contributed by atoms with Gasteiger partial charge in [0.05, 0.1) is 0 Å². The van der Waals surface area contributed by atoms with E-state index in [9.17, 15) is 4.79 Å². The molecule has 5 heteroatoms. The van der Waals surface area contributed by atoms with Crippen LogP contribution in [-0.4, -0.2) is 40.7 Å². The van der Waals surface area contributed by atoms with E-state index in [1.807, 2.05) is 46.9 Å². The first kappa shape index (κ1) is 21.7. The molecule has 5 nitrogen and oxygen atoms in total. The quantitative estimate of drug-likeness (QED) is 0.690. The third-order valence-corrected chi connectivity index (χ3v) is 4.72. The van der Waals surface area contributed by atoms with Crippen LogP contribution in [0.2, 0.25) is 0 Å². The Balaban J connectivity index is 2.19. The molecule has 1 atom stereocenters. The molecule has 0 aromatic carbocycles. The molecule has 1 amide bonds. The number of aromatic nitrogens is 1. The van der Waals surface area contributed by atoms with Crippen molar-refractivity contribution in [2.75, 3.05) is 18.0 Å². The molecule has 0 aliphatic carbocycles. The van der Waals surface area contributed by atoms with Gasteiger partial charge in [-0.2, -0.15) is 0 Å². The third kappa shape index (κ3) is 6.20. The van der Waals surface area contributed by atoms with Crippen LogP contribution in [0, 0.1) is 5.92 Å². The molecule has 152 valence electrons. The van der Waals surface area contributed by atoms with Crippen molar-refractivity contribution in [3.8, 4) is 0 Å². The first-order valence-electron chi connectivity index (χ1n) is 10.3. The minimum atomic E-state index is -0.524. The predicted octanol–water partition coefficient (Wildman–Crippen LogP) is 5.41. The van der Waals surface area contributed by atoms with Gasteiger partial charge >= 0.3 is 6.09 Å². The van der Waals surface area contributed by atoms with Gasteiger partial charge in [0.1, 0.15) is 11.4 Å². The highest BCUT2D eigenvalue weighted by atomic mass is 16.6. The summed E-state index contributed by atoms with van der Waals surface area (Å²) in [6.45, 7) is 16.4. The predicted molar refractivity (Wildman–Crippen MR) is 111 cm³/mol. The molecule has 0 unspecified atom stereocenters. The van der Waals surface area contributed by atoms with E-state index < -0.39 is 5.60 Å². The molecule has 2 heterocycles. The van der Waals surface area contributed by atoms with Crippen molar-refractivity contribution in [1.29, 1.82) is 0 Å². The first-order chi connectivity index (χ1) is 12.6. The van der Waals surface area contributed by atoms with E-state index >= 15 is 0 Å². The maximum Gasteiger partial charge on any atom is 0.416 e.